The fourth-order valence-electron chi connectivity index (χ4n) is 3.79. The predicted molar refractivity (Wildman–Crippen MR) is 102 cm³/mol. The molecule has 2 aromatic heterocycles. The van der Waals surface area contributed by atoms with Gasteiger partial charge in [-0.05, 0) is 56.2 Å². The molecule has 3 aromatic rings. The average molecular weight is 348 g/mol. The Kier molecular flexibility index (Phi) is 4.61. The molecule has 4 rings (SSSR count). The summed E-state index contributed by atoms with van der Waals surface area (Å²) in [5, 5.41) is 0. The number of rotatable bonds is 4. The molecule has 3 heterocycles. The number of amides is 1. The molecule has 0 radical (unpaired) electrons. The van der Waals surface area contributed by atoms with Crippen molar-refractivity contribution in [2.24, 2.45) is 0 Å². The molecule has 0 aliphatic carbocycles. The molecule has 1 atom stereocenters. The van der Waals surface area contributed by atoms with Crippen LogP contribution >= 0.6 is 0 Å². The van der Waals surface area contributed by atoms with Crippen LogP contribution in [0.15, 0.2) is 61.2 Å². The molecule has 1 aliphatic rings. The Morgan fingerprint density at radius 1 is 1.15 bits per heavy atom. The number of aryl methyl sites for hydroxylation is 1. The van der Waals surface area contributed by atoms with E-state index in [1.807, 2.05) is 70.7 Å². The lowest BCUT2D eigenvalue weighted by Crippen LogP contribution is -2.39. The minimum atomic E-state index is 0.114. The summed E-state index contributed by atoms with van der Waals surface area (Å²) in [6.45, 7) is 4.61. The molecule has 0 bridgehead atoms. The van der Waals surface area contributed by atoms with E-state index in [0.717, 1.165) is 49.6 Å². The summed E-state index contributed by atoms with van der Waals surface area (Å²) in [6, 6.07) is 11.8. The standard InChI is InChI=1S/C21H24N4O/c1-2-23-15-11-22-20(23)18-6-5-14-25(16-18)21(26)17-7-9-19(10-8-17)24-12-3-4-13-24/h3-4,7-13,15,18H,2,5-6,14,16H2,1H3/t18-/m0/s1. The third-order valence-electron chi connectivity index (χ3n) is 5.18. The van der Waals surface area contributed by atoms with Crippen LogP contribution in [-0.2, 0) is 6.54 Å². The van der Waals surface area contributed by atoms with Crippen LogP contribution in [0, 0.1) is 0 Å². The first kappa shape index (κ1) is 16.6. The zero-order valence-electron chi connectivity index (χ0n) is 15.1. The van der Waals surface area contributed by atoms with Crippen molar-refractivity contribution in [1.82, 2.24) is 19.0 Å². The highest BCUT2D eigenvalue weighted by Gasteiger charge is 2.27. The Morgan fingerprint density at radius 2 is 1.92 bits per heavy atom. The van der Waals surface area contributed by atoms with Crippen LogP contribution in [0.2, 0.25) is 0 Å². The first-order valence-corrected chi connectivity index (χ1v) is 9.30. The first-order valence-electron chi connectivity index (χ1n) is 9.30. The molecule has 0 spiro atoms. The van der Waals surface area contributed by atoms with Crippen molar-refractivity contribution in [2.75, 3.05) is 13.1 Å². The molecule has 0 saturated carbocycles. The van der Waals surface area contributed by atoms with E-state index in [2.05, 4.69) is 16.5 Å². The van der Waals surface area contributed by atoms with Gasteiger partial charge in [-0.15, -0.1) is 0 Å². The van der Waals surface area contributed by atoms with Crippen molar-refractivity contribution in [2.45, 2.75) is 32.2 Å². The quantitative estimate of drug-likeness (QED) is 0.721. The number of aromatic nitrogens is 3. The van der Waals surface area contributed by atoms with Gasteiger partial charge in [-0.2, -0.15) is 0 Å². The lowest BCUT2D eigenvalue weighted by atomic mass is 9.96. The fraction of sp³-hybridized carbons (Fsp3) is 0.333. The van der Waals surface area contributed by atoms with Crippen LogP contribution in [0.4, 0.5) is 0 Å². The lowest BCUT2D eigenvalue weighted by Gasteiger charge is -2.32. The van der Waals surface area contributed by atoms with Crippen LogP contribution in [-0.4, -0.2) is 38.0 Å². The van der Waals surface area contributed by atoms with E-state index in [-0.39, 0.29) is 5.91 Å². The third-order valence-corrected chi connectivity index (χ3v) is 5.18. The molecular formula is C21H24N4O. The molecule has 1 amide bonds. The second-order valence-corrected chi connectivity index (χ2v) is 6.80. The SMILES string of the molecule is CCn1ccnc1[C@H]1CCCN(C(=O)c2ccc(-n3cccc3)cc2)C1. The number of carbonyl (C=O) groups is 1. The van der Waals surface area contributed by atoms with Gasteiger partial charge in [0.2, 0.25) is 0 Å². The number of hydrogen-bond acceptors (Lipinski definition) is 2. The van der Waals surface area contributed by atoms with E-state index in [1.54, 1.807) is 0 Å². The van der Waals surface area contributed by atoms with Gasteiger partial charge in [0.25, 0.3) is 5.91 Å². The molecule has 1 aromatic carbocycles. The smallest absolute Gasteiger partial charge is 0.253 e. The summed E-state index contributed by atoms with van der Waals surface area (Å²) in [7, 11) is 0. The fourth-order valence-corrected chi connectivity index (χ4v) is 3.79. The van der Waals surface area contributed by atoms with Crippen LogP contribution < -0.4 is 0 Å². The summed E-state index contributed by atoms with van der Waals surface area (Å²) >= 11 is 0. The zero-order chi connectivity index (χ0) is 17.9. The minimum absolute atomic E-state index is 0.114. The Balaban J connectivity index is 1.49. The van der Waals surface area contributed by atoms with Gasteiger partial charge in [0.1, 0.15) is 5.82 Å². The van der Waals surface area contributed by atoms with Gasteiger partial charge in [-0.1, -0.05) is 0 Å². The predicted octanol–water partition coefficient (Wildman–Crippen LogP) is 3.71. The van der Waals surface area contributed by atoms with Crippen molar-refractivity contribution >= 4 is 5.91 Å². The molecule has 134 valence electrons. The maximum atomic E-state index is 13.0. The number of hydrogen-bond donors (Lipinski definition) is 0. The van der Waals surface area contributed by atoms with Crippen molar-refractivity contribution in [3.8, 4) is 5.69 Å². The molecule has 1 saturated heterocycles. The van der Waals surface area contributed by atoms with Gasteiger partial charge in [0.05, 0.1) is 0 Å². The van der Waals surface area contributed by atoms with E-state index in [1.165, 1.54) is 0 Å². The second-order valence-electron chi connectivity index (χ2n) is 6.80. The number of likely N-dealkylation sites (tertiary alicyclic amines) is 1. The monoisotopic (exact) mass is 348 g/mol. The molecule has 1 fully saturated rings. The first-order chi connectivity index (χ1) is 12.8. The molecule has 1 aliphatic heterocycles. The van der Waals surface area contributed by atoms with E-state index in [4.69, 9.17) is 0 Å². The topological polar surface area (TPSA) is 43.1 Å². The minimum Gasteiger partial charge on any atom is -0.338 e. The highest BCUT2D eigenvalue weighted by atomic mass is 16.2. The Labute approximate surface area is 153 Å². The summed E-state index contributed by atoms with van der Waals surface area (Å²) < 4.78 is 4.22. The Bertz CT molecular complexity index is 864. The Morgan fingerprint density at radius 3 is 2.65 bits per heavy atom. The molecule has 26 heavy (non-hydrogen) atoms. The maximum absolute atomic E-state index is 13.0. The summed E-state index contributed by atoms with van der Waals surface area (Å²) in [4.78, 5) is 19.5. The number of imidazole rings is 1. The summed E-state index contributed by atoms with van der Waals surface area (Å²) in [5.41, 5.74) is 1.81. The molecule has 5 heteroatoms. The van der Waals surface area contributed by atoms with E-state index in [9.17, 15) is 4.79 Å². The summed E-state index contributed by atoms with van der Waals surface area (Å²) in [6.07, 6.45) is 10.0. The van der Waals surface area contributed by atoms with Gasteiger partial charge in [-0.25, -0.2) is 4.98 Å². The van der Waals surface area contributed by atoms with E-state index >= 15 is 0 Å². The zero-order valence-corrected chi connectivity index (χ0v) is 15.1. The number of nitrogens with zero attached hydrogens (tertiary/aromatic N) is 4. The largest absolute Gasteiger partial charge is 0.338 e. The summed E-state index contributed by atoms with van der Waals surface area (Å²) in [5.74, 6) is 1.54. The van der Waals surface area contributed by atoms with E-state index < -0.39 is 0 Å². The van der Waals surface area contributed by atoms with Gasteiger partial charge >= 0.3 is 0 Å². The van der Waals surface area contributed by atoms with Gasteiger partial charge < -0.3 is 14.0 Å². The van der Waals surface area contributed by atoms with Crippen molar-refractivity contribution in [3.63, 3.8) is 0 Å². The van der Waals surface area contributed by atoms with Crippen molar-refractivity contribution < 1.29 is 4.79 Å². The Hall–Kier alpha value is -2.82. The van der Waals surface area contributed by atoms with Gasteiger partial charge in [-0.3, -0.25) is 4.79 Å². The van der Waals surface area contributed by atoms with Crippen molar-refractivity contribution in [3.05, 3.63) is 72.6 Å². The molecule has 5 nitrogen and oxygen atoms in total. The molecule has 0 N–H and O–H groups in total. The third kappa shape index (κ3) is 3.17. The van der Waals surface area contributed by atoms with Gasteiger partial charge in [0.15, 0.2) is 0 Å². The van der Waals surface area contributed by atoms with Crippen LogP contribution in [0.3, 0.4) is 0 Å². The number of benzene rings is 1. The van der Waals surface area contributed by atoms with Crippen molar-refractivity contribution in [1.29, 1.82) is 0 Å². The van der Waals surface area contributed by atoms with Crippen LogP contribution in [0.5, 0.6) is 0 Å². The molecule has 0 unspecified atom stereocenters. The second kappa shape index (κ2) is 7.20. The maximum Gasteiger partial charge on any atom is 0.253 e. The lowest BCUT2D eigenvalue weighted by molar-refractivity contribution is 0.0703. The highest BCUT2D eigenvalue weighted by Crippen LogP contribution is 2.27. The number of carbonyl (C=O) groups excluding carboxylic acids is 1. The average Bonchev–Trinajstić information content (AvgIpc) is 3.39. The van der Waals surface area contributed by atoms with E-state index in [0.29, 0.717) is 5.92 Å². The molecular weight excluding hydrogens is 324 g/mol. The highest BCUT2D eigenvalue weighted by molar-refractivity contribution is 5.94. The van der Waals surface area contributed by atoms with Crippen LogP contribution in [0.25, 0.3) is 5.69 Å². The van der Waals surface area contributed by atoms with Crippen LogP contribution in [0.1, 0.15) is 41.9 Å². The van der Waals surface area contributed by atoms with Gasteiger partial charge in [0, 0.05) is 61.6 Å². The normalized spacial score (nSPS) is 17.4. The number of piperidine rings is 1.